The largest absolute Gasteiger partial charge is 0.473 e. The van der Waals surface area contributed by atoms with Gasteiger partial charge in [0.2, 0.25) is 0 Å². The molecule has 4 aromatic carbocycles. The molecular weight excluding hydrogens is 633 g/mol. The van der Waals surface area contributed by atoms with Crippen LogP contribution in [0.1, 0.15) is 68.2 Å². The van der Waals surface area contributed by atoms with E-state index in [4.69, 9.17) is 4.74 Å². The van der Waals surface area contributed by atoms with Crippen LogP contribution in [0.2, 0.25) is 0 Å². The summed E-state index contributed by atoms with van der Waals surface area (Å²) in [7, 11) is 0. The van der Waals surface area contributed by atoms with Crippen LogP contribution in [0.25, 0.3) is 28.0 Å². The summed E-state index contributed by atoms with van der Waals surface area (Å²) >= 11 is 0. The molecule has 10 rings (SSSR count). The number of piperidine rings is 1. The van der Waals surface area contributed by atoms with Crippen LogP contribution in [0.15, 0.2) is 126 Å². The molecule has 51 heavy (non-hydrogen) atoms. The summed E-state index contributed by atoms with van der Waals surface area (Å²) in [5.74, 6) is 0.421. The molecule has 0 bridgehead atoms. The Kier molecular flexibility index (Phi) is 6.81. The molecule has 4 aliphatic carbocycles. The Morgan fingerprint density at radius 1 is 0.804 bits per heavy atom. The van der Waals surface area contributed by atoms with Gasteiger partial charge in [0, 0.05) is 52.5 Å². The molecule has 2 nitrogen and oxygen atoms in total. The van der Waals surface area contributed by atoms with Crippen molar-refractivity contribution in [3.05, 3.63) is 160 Å². The average molecular weight is 674 g/mol. The van der Waals surface area contributed by atoms with E-state index in [9.17, 15) is 4.39 Å². The topological polar surface area (TPSA) is 12.5 Å². The molecule has 1 fully saturated rings. The zero-order valence-corrected chi connectivity index (χ0v) is 29.2. The number of fused-ring (bicyclic) bond motifs is 10. The molecule has 0 aromatic heterocycles. The van der Waals surface area contributed by atoms with Crippen molar-refractivity contribution < 1.29 is 13.5 Å². The standard InChI is InChI=1S/C47H41F2NO/c1-46(2)41-28-32(49)17-21-38(41)43-37-20-16-31(48)27-40(37)45-39(44(43)46)22-23-47(51-45,30-14-18-33(19-15-30)50-24-8-3-9-25-50)42-26-29-10-4-5-11-34(29)35-12-6-7-13-36(35)42/h5-7,11-23,26-28,35-36H,3-4,8-10,24-25H2,1-2H3. The minimum absolute atomic E-state index is 0.0885. The Hall–Kier alpha value is -4.96. The van der Waals surface area contributed by atoms with Gasteiger partial charge < -0.3 is 9.64 Å². The van der Waals surface area contributed by atoms with Gasteiger partial charge in [-0.25, -0.2) is 8.78 Å². The summed E-state index contributed by atoms with van der Waals surface area (Å²) in [5, 5.41) is 1.66. The van der Waals surface area contributed by atoms with Crippen molar-refractivity contribution in [2.75, 3.05) is 18.0 Å². The number of halogens is 2. The number of nitrogens with zero attached hydrogens (tertiary/aromatic N) is 1. The monoisotopic (exact) mass is 673 g/mol. The smallest absolute Gasteiger partial charge is 0.175 e. The highest BCUT2D eigenvalue weighted by Crippen LogP contribution is 2.59. The Bertz CT molecular complexity index is 2330. The van der Waals surface area contributed by atoms with Crippen molar-refractivity contribution in [2.45, 2.75) is 57.0 Å². The summed E-state index contributed by atoms with van der Waals surface area (Å²) in [6.07, 6.45) is 26.3. The maximum absolute atomic E-state index is 15.4. The zero-order valence-electron chi connectivity index (χ0n) is 29.2. The number of hydrogen-bond acceptors (Lipinski definition) is 2. The maximum Gasteiger partial charge on any atom is 0.175 e. The predicted molar refractivity (Wildman–Crippen MR) is 204 cm³/mol. The number of rotatable bonds is 3. The fourth-order valence-corrected chi connectivity index (χ4v) is 10.0. The van der Waals surface area contributed by atoms with Crippen LogP contribution in [-0.4, -0.2) is 13.1 Å². The van der Waals surface area contributed by atoms with Crippen LogP contribution in [0.4, 0.5) is 14.5 Å². The summed E-state index contributed by atoms with van der Waals surface area (Å²) in [5.41, 5.74) is 9.83. The van der Waals surface area contributed by atoms with Crippen LogP contribution in [0.5, 0.6) is 5.75 Å². The molecule has 3 unspecified atom stereocenters. The first-order chi connectivity index (χ1) is 24.8. The minimum atomic E-state index is -0.944. The van der Waals surface area contributed by atoms with E-state index in [0.29, 0.717) is 5.75 Å². The number of hydrogen-bond donors (Lipinski definition) is 0. The van der Waals surface area contributed by atoms with Crippen molar-refractivity contribution in [3.63, 3.8) is 0 Å². The Morgan fingerprint density at radius 3 is 2.39 bits per heavy atom. The van der Waals surface area contributed by atoms with Crippen LogP contribution < -0.4 is 9.64 Å². The van der Waals surface area contributed by atoms with Gasteiger partial charge in [-0.2, -0.15) is 0 Å². The number of allylic oxidation sites excluding steroid dienone is 9. The lowest BCUT2D eigenvalue weighted by atomic mass is 9.65. The second-order valence-electron chi connectivity index (χ2n) is 15.6. The molecule has 0 amide bonds. The van der Waals surface area contributed by atoms with E-state index in [1.807, 2.05) is 12.1 Å². The SMILES string of the molecule is CC1(C)c2cc(F)ccc2-c2c1c1c(c3cc(F)ccc23)OC(C2=CC3=C(C=CCC3)C3C=CC=CC23)(c2ccc(N3CCCCC3)cc2)C=C1. The van der Waals surface area contributed by atoms with E-state index in [1.165, 1.54) is 53.8 Å². The average Bonchev–Trinajstić information content (AvgIpc) is 3.40. The molecule has 2 aliphatic heterocycles. The van der Waals surface area contributed by atoms with E-state index in [-0.39, 0.29) is 23.5 Å². The minimum Gasteiger partial charge on any atom is -0.473 e. The summed E-state index contributed by atoms with van der Waals surface area (Å²) < 4.78 is 37.9. The molecule has 0 spiro atoms. The fourth-order valence-electron chi connectivity index (χ4n) is 10.0. The van der Waals surface area contributed by atoms with E-state index >= 15 is 4.39 Å². The molecule has 1 saturated heterocycles. The van der Waals surface area contributed by atoms with Crippen LogP contribution in [0, 0.1) is 23.5 Å². The van der Waals surface area contributed by atoms with Gasteiger partial charge in [-0.3, -0.25) is 0 Å². The Balaban J connectivity index is 1.23. The fraction of sp³-hybridized carbons (Fsp3) is 0.277. The summed E-state index contributed by atoms with van der Waals surface area (Å²) in [6.45, 7) is 6.49. The first-order valence-corrected chi connectivity index (χ1v) is 18.6. The Labute approximate surface area is 298 Å². The molecule has 254 valence electrons. The third kappa shape index (κ3) is 4.51. The highest BCUT2D eigenvalue weighted by molar-refractivity contribution is 6.08. The number of ether oxygens (including phenoxy) is 1. The van der Waals surface area contributed by atoms with Gasteiger partial charge in [-0.1, -0.05) is 86.7 Å². The van der Waals surface area contributed by atoms with Gasteiger partial charge in [0.1, 0.15) is 17.4 Å². The van der Waals surface area contributed by atoms with Crippen LogP contribution >= 0.6 is 0 Å². The van der Waals surface area contributed by atoms with Gasteiger partial charge in [0.25, 0.3) is 0 Å². The first-order valence-electron chi connectivity index (χ1n) is 18.6. The van der Waals surface area contributed by atoms with E-state index in [0.717, 1.165) is 70.1 Å². The van der Waals surface area contributed by atoms with Gasteiger partial charge in [0.05, 0.1) is 0 Å². The second kappa shape index (κ2) is 11.3. The van der Waals surface area contributed by atoms with Crippen molar-refractivity contribution in [1.29, 1.82) is 0 Å². The number of benzene rings is 4. The predicted octanol–water partition coefficient (Wildman–Crippen LogP) is 11.7. The van der Waals surface area contributed by atoms with Crippen LogP contribution in [-0.2, 0) is 11.0 Å². The lowest BCUT2D eigenvalue weighted by Crippen LogP contribution is -2.41. The summed E-state index contributed by atoms with van der Waals surface area (Å²) in [6, 6.07) is 19.1. The normalized spacial score (nSPS) is 25.2. The van der Waals surface area contributed by atoms with Gasteiger partial charge in [-0.05, 0) is 119 Å². The molecule has 0 N–H and O–H groups in total. The highest BCUT2D eigenvalue weighted by Gasteiger charge is 2.48. The van der Waals surface area contributed by atoms with Gasteiger partial charge >= 0.3 is 0 Å². The van der Waals surface area contributed by atoms with Gasteiger partial charge in [0.15, 0.2) is 5.60 Å². The van der Waals surface area contributed by atoms with Crippen molar-refractivity contribution >= 4 is 22.5 Å². The lowest BCUT2D eigenvalue weighted by molar-refractivity contribution is 0.144. The van der Waals surface area contributed by atoms with Crippen molar-refractivity contribution in [3.8, 4) is 16.9 Å². The quantitative estimate of drug-likeness (QED) is 0.215. The third-order valence-electron chi connectivity index (χ3n) is 12.4. The third-order valence-corrected chi connectivity index (χ3v) is 12.4. The number of anilines is 1. The molecule has 0 saturated carbocycles. The molecular formula is C47H41F2NO. The molecule has 2 heterocycles. The highest BCUT2D eigenvalue weighted by atomic mass is 19.1. The molecule has 4 aromatic rings. The van der Waals surface area contributed by atoms with Gasteiger partial charge in [-0.15, -0.1) is 0 Å². The Morgan fingerprint density at radius 2 is 1.57 bits per heavy atom. The second-order valence-corrected chi connectivity index (χ2v) is 15.6. The first kappa shape index (κ1) is 30.8. The van der Waals surface area contributed by atoms with Crippen LogP contribution in [0.3, 0.4) is 0 Å². The van der Waals surface area contributed by atoms with E-state index < -0.39 is 11.0 Å². The van der Waals surface area contributed by atoms with E-state index in [1.54, 1.807) is 12.1 Å². The zero-order chi connectivity index (χ0) is 34.5. The molecule has 3 atom stereocenters. The lowest BCUT2D eigenvalue weighted by Gasteiger charge is -2.45. The molecule has 6 aliphatic rings. The molecule has 4 heteroatoms. The van der Waals surface area contributed by atoms with Crippen molar-refractivity contribution in [1.82, 2.24) is 0 Å². The summed E-state index contributed by atoms with van der Waals surface area (Å²) in [4.78, 5) is 2.49. The maximum atomic E-state index is 15.4. The molecule has 0 radical (unpaired) electrons. The van der Waals surface area contributed by atoms with E-state index in [2.05, 4.69) is 97.7 Å². The van der Waals surface area contributed by atoms with Crippen molar-refractivity contribution in [2.24, 2.45) is 11.8 Å².